The Labute approximate surface area is 126 Å². The normalized spacial score (nSPS) is 11.5. The smallest absolute Gasteiger partial charge is 0.265 e. The molecule has 2 aromatic heterocycles. The SMILES string of the molecule is Cc1n[nH]c(C)c1S(=O)(=O)Nc1cccc(-n2cnnn2)c1. The van der Waals surface area contributed by atoms with Crippen LogP contribution in [0.2, 0.25) is 0 Å². The number of anilines is 1. The van der Waals surface area contributed by atoms with Crippen molar-refractivity contribution in [1.29, 1.82) is 0 Å². The maximum Gasteiger partial charge on any atom is 0.265 e. The zero-order valence-corrected chi connectivity index (χ0v) is 12.7. The van der Waals surface area contributed by atoms with Crippen LogP contribution >= 0.6 is 0 Å². The minimum Gasteiger partial charge on any atom is -0.281 e. The van der Waals surface area contributed by atoms with Crippen LogP contribution in [-0.4, -0.2) is 38.8 Å². The summed E-state index contributed by atoms with van der Waals surface area (Å²) in [7, 11) is -3.72. The number of rotatable bonds is 4. The summed E-state index contributed by atoms with van der Waals surface area (Å²) < 4.78 is 28.9. The molecule has 2 N–H and O–H groups in total. The van der Waals surface area contributed by atoms with Gasteiger partial charge in [0.25, 0.3) is 10.0 Å². The third kappa shape index (κ3) is 2.55. The van der Waals surface area contributed by atoms with E-state index in [4.69, 9.17) is 0 Å². The molecule has 10 heteroatoms. The maximum atomic E-state index is 12.5. The average molecular weight is 319 g/mol. The highest BCUT2D eigenvalue weighted by atomic mass is 32.2. The van der Waals surface area contributed by atoms with Crippen molar-refractivity contribution < 1.29 is 8.42 Å². The minimum atomic E-state index is -3.72. The summed E-state index contributed by atoms with van der Waals surface area (Å²) in [6, 6.07) is 6.77. The lowest BCUT2D eigenvalue weighted by molar-refractivity contribution is 0.600. The summed E-state index contributed by atoms with van der Waals surface area (Å²) >= 11 is 0. The first-order chi connectivity index (χ1) is 10.5. The highest BCUT2D eigenvalue weighted by Crippen LogP contribution is 2.22. The quantitative estimate of drug-likeness (QED) is 0.734. The fourth-order valence-corrected chi connectivity index (χ4v) is 3.56. The fraction of sp³-hybridized carbons (Fsp3) is 0.167. The van der Waals surface area contributed by atoms with E-state index in [0.717, 1.165) is 0 Å². The second-order valence-corrected chi connectivity index (χ2v) is 6.29. The fourth-order valence-electron chi connectivity index (χ4n) is 2.13. The van der Waals surface area contributed by atoms with Crippen LogP contribution in [-0.2, 0) is 10.0 Å². The number of benzene rings is 1. The molecule has 0 aliphatic rings. The van der Waals surface area contributed by atoms with Crippen LogP contribution in [0.1, 0.15) is 11.4 Å². The number of tetrazole rings is 1. The van der Waals surface area contributed by atoms with Crippen LogP contribution in [0.15, 0.2) is 35.5 Å². The Morgan fingerprint density at radius 3 is 2.73 bits per heavy atom. The second-order valence-electron chi connectivity index (χ2n) is 4.67. The number of nitrogens with zero attached hydrogens (tertiary/aromatic N) is 5. The number of hydrogen-bond acceptors (Lipinski definition) is 6. The average Bonchev–Trinajstić information content (AvgIpc) is 3.09. The van der Waals surface area contributed by atoms with Crippen molar-refractivity contribution in [2.24, 2.45) is 0 Å². The van der Waals surface area contributed by atoms with Crippen molar-refractivity contribution in [1.82, 2.24) is 30.4 Å². The molecule has 0 fully saturated rings. The van der Waals surface area contributed by atoms with Crippen LogP contribution in [0.3, 0.4) is 0 Å². The molecule has 0 aliphatic heterocycles. The van der Waals surface area contributed by atoms with Gasteiger partial charge in [-0.1, -0.05) is 6.07 Å². The molecule has 0 spiro atoms. The molecule has 0 saturated carbocycles. The van der Waals surface area contributed by atoms with Crippen LogP contribution in [0, 0.1) is 13.8 Å². The molecular weight excluding hydrogens is 306 g/mol. The molecule has 0 amide bonds. The van der Waals surface area contributed by atoms with Crippen molar-refractivity contribution in [2.45, 2.75) is 18.7 Å². The first kappa shape index (κ1) is 14.2. The topological polar surface area (TPSA) is 118 Å². The van der Waals surface area contributed by atoms with Gasteiger partial charge in [0.1, 0.15) is 11.2 Å². The number of hydrogen-bond donors (Lipinski definition) is 2. The lowest BCUT2D eigenvalue weighted by atomic mass is 10.3. The molecule has 22 heavy (non-hydrogen) atoms. The van der Waals surface area contributed by atoms with Crippen molar-refractivity contribution >= 4 is 15.7 Å². The van der Waals surface area contributed by atoms with Gasteiger partial charge in [0.15, 0.2) is 0 Å². The summed E-state index contributed by atoms with van der Waals surface area (Å²) in [4.78, 5) is 0.153. The van der Waals surface area contributed by atoms with E-state index in [2.05, 4.69) is 30.4 Å². The van der Waals surface area contributed by atoms with Gasteiger partial charge in [0.05, 0.1) is 22.8 Å². The number of aromatic amines is 1. The third-order valence-electron chi connectivity index (χ3n) is 3.04. The molecule has 2 heterocycles. The Kier molecular flexibility index (Phi) is 3.37. The van der Waals surface area contributed by atoms with E-state index in [0.29, 0.717) is 22.8 Å². The Morgan fingerprint density at radius 1 is 1.27 bits per heavy atom. The van der Waals surface area contributed by atoms with Gasteiger partial charge in [-0.2, -0.15) is 5.10 Å². The van der Waals surface area contributed by atoms with Gasteiger partial charge in [-0.3, -0.25) is 9.82 Å². The molecule has 3 aromatic rings. The van der Waals surface area contributed by atoms with Crippen molar-refractivity contribution in [3.05, 3.63) is 42.0 Å². The molecule has 0 saturated heterocycles. The van der Waals surface area contributed by atoms with E-state index >= 15 is 0 Å². The number of aryl methyl sites for hydroxylation is 2. The van der Waals surface area contributed by atoms with Gasteiger partial charge in [0, 0.05) is 0 Å². The highest BCUT2D eigenvalue weighted by molar-refractivity contribution is 7.92. The largest absolute Gasteiger partial charge is 0.281 e. The standard InChI is InChI=1S/C12H13N7O2S/c1-8-12(9(2)15-14-8)22(20,21)16-10-4-3-5-11(6-10)19-7-13-17-18-19/h3-7,16H,1-2H3,(H,14,15). The van der Waals surface area contributed by atoms with Gasteiger partial charge in [-0.15, -0.1) is 5.10 Å². The first-order valence-electron chi connectivity index (χ1n) is 6.35. The number of sulfonamides is 1. The summed E-state index contributed by atoms with van der Waals surface area (Å²) in [5.74, 6) is 0. The Morgan fingerprint density at radius 2 is 2.09 bits per heavy atom. The zero-order chi connectivity index (χ0) is 15.7. The summed E-state index contributed by atoms with van der Waals surface area (Å²) in [6.45, 7) is 3.29. The van der Waals surface area contributed by atoms with Crippen LogP contribution < -0.4 is 4.72 Å². The van der Waals surface area contributed by atoms with Gasteiger partial charge in [-0.25, -0.2) is 13.1 Å². The molecule has 0 aliphatic carbocycles. The number of H-pyrrole nitrogens is 1. The van der Waals surface area contributed by atoms with E-state index in [9.17, 15) is 8.42 Å². The van der Waals surface area contributed by atoms with Gasteiger partial charge >= 0.3 is 0 Å². The van der Waals surface area contributed by atoms with Gasteiger partial charge in [0.2, 0.25) is 0 Å². The lowest BCUT2D eigenvalue weighted by Crippen LogP contribution is -2.14. The van der Waals surface area contributed by atoms with Crippen molar-refractivity contribution in [3.63, 3.8) is 0 Å². The molecule has 114 valence electrons. The summed E-state index contributed by atoms with van der Waals surface area (Å²) in [6.07, 6.45) is 1.43. The molecule has 0 bridgehead atoms. The summed E-state index contributed by atoms with van der Waals surface area (Å²) in [5, 5.41) is 17.4. The molecule has 1 aromatic carbocycles. The van der Waals surface area contributed by atoms with Gasteiger partial charge < -0.3 is 0 Å². The maximum absolute atomic E-state index is 12.5. The highest BCUT2D eigenvalue weighted by Gasteiger charge is 2.22. The van der Waals surface area contributed by atoms with E-state index in [-0.39, 0.29) is 4.90 Å². The minimum absolute atomic E-state index is 0.153. The Balaban J connectivity index is 1.95. The van der Waals surface area contributed by atoms with Gasteiger partial charge in [-0.05, 0) is 42.5 Å². The molecule has 0 radical (unpaired) electrons. The number of nitrogens with one attached hydrogen (secondary N) is 2. The van der Waals surface area contributed by atoms with Crippen molar-refractivity contribution in [2.75, 3.05) is 4.72 Å². The molecule has 3 rings (SSSR count). The third-order valence-corrected chi connectivity index (χ3v) is 4.68. The summed E-state index contributed by atoms with van der Waals surface area (Å²) in [5.41, 5.74) is 1.96. The number of aromatic nitrogens is 6. The zero-order valence-electron chi connectivity index (χ0n) is 11.8. The molecular formula is C12H13N7O2S. The Bertz CT molecular complexity index is 880. The Hall–Kier alpha value is -2.75. The predicted molar refractivity (Wildman–Crippen MR) is 78.0 cm³/mol. The van der Waals surface area contributed by atoms with Crippen LogP contribution in [0.5, 0.6) is 0 Å². The molecule has 0 atom stereocenters. The monoisotopic (exact) mass is 319 g/mol. The van der Waals surface area contributed by atoms with E-state index in [1.807, 2.05) is 0 Å². The first-order valence-corrected chi connectivity index (χ1v) is 7.83. The van der Waals surface area contributed by atoms with Crippen molar-refractivity contribution in [3.8, 4) is 5.69 Å². The van der Waals surface area contributed by atoms with E-state index in [1.54, 1.807) is 38.1 Å². The van der Waals surface area contributed by atoms with Crippen LogP contribution in [0.4, 0.5) is 5.69 Å². The molecule has 9 nitrogen and oxygen atoms in total. The second kappa shape index (κ2) is 5.22. The van der Waals surface area contributed by atoms with E-state index in [1.165, 1.54) is 11.0 Å². The predicted octanol–water partition coefficient (Wildman–Crippen LogP) is 0.803. The lowest BCUT2D eigenvalue weighted by Gasteiger charge is -2.09. The molecule has 0 unspecified atom stereocenters. The van der Waals surface area contributed by atoms with E-state index < -0.39 is 10.0 Å². The van der Waals surface area contributed by atoms with Crippen LogP contribution in [0.25, 0.3) is 5.69 Å².